The predicted octanol–water partition coefficient (Wildman–Crippen LogP) is 0.775. The maximum Gasteiger partial charge on any atom is 0.357 e. The van der Waals surface area contributed by atoms with Crippen LogP contribution in [-0.2, 0) is 9.63 Å². The molecule has 7 heteroatoms. The average molecular weight is 303 g/mol. The highest BCUT2D eigenvalue weighted by Gasteiger charge is 2.51. The van der Waals surface area contributed by atoms with Crippen molar-refractivity contribution in [1.29, 1.82) is 0 Å². The second-order valence-corrected chi connectivity index (χ2v) is 5.55. The van der Waals surface area contributed by atoms with E-state index >= 15 is 0 Å². The number of rotatable bonds is 2. The Morgan fingerprint density at radius 3 is 2.36 bits per heavy atom. The van der Waals surface area contributed by atoms with Gasteiger partial charge in [0.05, 0.1) is 5.56 Å². The van der Waals surface area contributed by atoms with E-state index in [0.29, 0.717) is 31.5 Å². The summed E-state index contributed by atoms with van der Waals surface area (Å²) in [6.45, 7) is 0.802. The molecule has 22 heavy (non-hydrogen) atoms. The number of benzene rings is 1. The first kappa shape index (κ1) is 14.5. The lowest BCUT2D eigenvalue weighted by molar-refractivity contribution is -0.145. The largest absolute Gasteiger partial charge is 0.364 e. The fraction of sp³-hybridized carbons (Fsp3) is 0.400. The van der Waals surface area contributed by atoms with Crippen LogP contribution < -0.4 is 5.32 Å². The summed E-state index contributed by atoms with van der Waals surface area (Å²) in [6, 6.07) is 8.35. The summed E-state index contributed by atoms with van der Waals surface area (Å²) in [7, 11) is 1.47. The summed E-state index contributed by atoms with van der Waals surface area (Å²) >= 11 is 0. The Hall–Kier alpha value is -2.41. The van der Waals surface area contributed by atoms with Crippen molar-refractivity contribution in [3.63, 3.8) is 0 Å². The van der Waals surface area contributed by atoms with Gasteiger partial charge >= 0.3 is 12.0 Å². The summed E-state index contributed by atoms with van der Waals surface area (Å²) in [5, 5.41) is 4.28. The Kier molecular flexibility index (Phi) is 3.58. The summed E-state index contributed by atoms with van der Waals surface area (Å²) in [5.74, 6) is -0.637. The molecule has 116 valence electrons. The van der Waals surface area contributed by atoms with Gasteiger partial charge in [0, 0.05) is 20.1 Å². The molecular weight excluding hydrogens is 286 g/mol. The monoisotopic (exact) mass is 303 g/mol. The lowest BCUT2D eigenvalue weighted by Gasteiger charge is -2.35. The zero-order chi connectivity index (χ0) is 15.7. The first-order valence-electron chi connectivity index (χ1n) is 7.14. The summed E-state index contributed by atoms with van der Waals surface area (Å²) in [5.41, 5.74) is -0.366. The van der Waals surface area contributed by atoms with Crippen LogP contribution in [-0.4, -0.2) is 53.5 Å². The van der Waals surface area contributed by atoms with Crippen molar-refractivity contribution in [2.75, 3.05) is 20.1 Å². The van der Waals surface area contributed by atoms with Crippen molar-refractivity contribution in [3.05, 3.63) is 35.9 Å². The molecule has 7 nitrogen and oxygen atoms in total. The second kappa shape index (κ2) is 5.42. The van der Waals surface area contributed by atoms with Gasteiger partial charge in [-0.3, -0.25) is 9.69 Å². The van der Waals surface area contributed by atoms with Crippen molar-refractivity contribution in [1.82, 2.24) is 15.3 Å². The van der Waals surface area contributed by atoms with E-state index in [2.05, 4.69) is 5.32 Å². The Bertz CT molecular complexity index is 608. The molecule has 2 saturated heterocycles. The number of carbonyl (C=O) groups excluding carboxylic acids is 3. The van der Waals surface area contributed by atoms with E-state index in [1.54, 1.807) is 29.3 Å². The molecule has 3 amide bonds. The molecule has 2 heterocycles. The van der Waals surface area contributed by atoms with Gasteiger partial charge in [0.2, 0.25) is 0 Å². The van der Waals surface area contributed by atoms with Crippen LogP contribution in [0, 0.1) is 0 Å². The zero-order valence-corrected chi connectivity index (χ0v) is 12.2. The average Bonchev–Trinajstić information content (AvgIpc) is 2.75. The van der Waals surface area contributed by atoms with Gasteiger partial charge in [-0.25, -0.2) is 9.59 Å². The molecule has 1 aromatic carbocycles. The molecule has 0 aliphatic carbocycles. The minimum atomic E-state index is -0.846. The van der Waals surface area contributed by atoms with Crippen LogP contribution in [0.25, 0.3) is 0 Å². The molecule has 2 aliphatic heterocycles. The number of nitrogens with one attached hydrogen (secondary N) is 1. The van der Waals surface area contributed by atoms with E-state index in [9.17, 15) is 14.4 Å². The third kappa shape index (κ3) is 2.43. The number of hydroxylamine groups is 2. The Labute approximate surface area is 127 Å². The molecule has 2 aliphatic rings. The minimum absolute atomic E-state index is 0.216. The number of urea groups is 1. The van der Waals surface area contributed by atoms with Crippen molar-refractivity contribution >= 4 is 17.9 Å². The number of hydrogen-bond acceptors (Lipinski definition) is 5. The predicted molar refractivity (Wildman–Crippen MR) is 76.7 cm³/mol. The van der Waals surface area contributed by atoms with Crippen molar-refractivity contribution in [2.45, 2.75) is 18.4 Å². The minimum Gasteiger partial charge on any atom is -0.364 e. The zero-order valence-electron chi connectivity index (χ0n) is 12.2. The van der Waals surface area contributed by atoms with Gasteiger partial charge in [-0.1, -0.05) is 18.2 Å². The Balaban J connectivity index is 1.60. The lowest BCUT2D eigenvalue weighted by atomic mass is 9.88. The molecule has 3 rings (SSSR count). The van der Waals surface area contributed by atoms with Gasteiger partial charge in [0.1, 0.15) is 5.54 Å². The number of imide groups is 1. The topological polar surface area (TPSA) is 79.0 Å². The molecule has 1 N–H and O–H groups in total. The van der Waals surface area contributed by atoms with E-state index in [-0.39, 0.29) is 11.9 Å². The van der Waals surface area contributed by atoms with Crippen LogP contribution in [0.3, 0.4) is 0 Å². The number of nitrogens with zero attached hydrogens (tertiary/aromatic N) is 2. The summed E-state index contributed by atoms with van der Waals surface area (Å²) in [4.78, 5) is 42.2. The Morgan fingerprint density at radius 2 is 1.82 bits per heavy atom. The van der Waals surface area contributed by atoms with E-state index in [4.69, 9.17) is 4.84 Å². The Morgan fingerprint density at radius 1 is 1.18 bits per heavy atom. The van der Waals surface area contributed by atoms with Crippen LogP contribution in [0.15, 0.2) is 30.3 Å². The third-order valence-corrected chi connectivity index (χ3v) is 4.16. The highest BCUT2D eigenvalue weighted by atomic mass is 16.7. The van der Waals surface area contributed by atoms with E-state index in [0.717, 1.165) is 4.90 Å². The number of carbonyl (C=O) groups is 3. The quantitative estimate of drug-likeness (QED) is 0.817. The normalized spacial score (nSPS) is 21.0. The van der Waals surface area contributed by atoms with E-state index in [1.165, 1.54) is 7.05 Å². The molecule has 1 aromatic rings. The molecule has 0 bridgehead atoms. The molecule has 2 fully saturated rings. The smallest absolute Gasteiger partial charge is 0.357 e. The van der Waals surface area contributed by atoms with E-state index in [1.807, 2.05) is 6.07 Å². The van der Waals surface area contributed by atoms with Gasteiger partial charge in [0.15, 0.2) is 0 Å². The van der Waals surface area contributed by atoms with Gasteiger partial charge in [-0.05, 0) is 25.0 Å². The second-order valence-electron chi connectivity index (χ2n) is 5.55. The number of likely N-dealkylation sites (N-methyl/N-ethyl adjacent to an activating group) is 1. The summed E-state index contributed by atoms with van der Waals surface area (Å²) in [6.07, 6.45) is 0.841. The maximum atomic E-state index is 12.2. The summed E-state index contributed by atoms with van der Waals surface area (Å²) < 4.78 is 0. The molecule has 1 spiro atoms. The number of amides is 3. The molecule has 0 unspecified atom stereocenters. The fourth-order valence-electron chi connectivity index (χ4n) is 2.80. The van der Waals surface area contributed by atoms with Crippen LogP contribution in [0.5, 0.6) is 0 Å². The molecule has 0 atom stereocenters. The number of hydrogen-bond donors (Lipinski definition) is 1. The standard InChI is InChI=1S/C15H17N3O4/c1-17-13(20)15(16-14(17)21)7-9-18(10-8-15)22-12(19)11-5-3-2-4-6-11/h2-6H,7-10H2,1H3,(H,16,21). The maximum absolute atomic E-state index is 12.2. The highest BCUT2D eigenvalue weighted by Crippen LogP contribution is 2.28. The van der Waals surface area contributed by atoms with Crippen LogP contribution in [0.2, 0.25) is 0 Å². The van der Waals surface area contributed by atoms with Gasteiger partial charge in [-0.2, -0.15) is 0 Å². The number of piperidine rings is 1. The first-order valence-corrected chi connectivity index (χ1v) is 7.14. The van der Waals surface area contributed by atoms with Crippen LogP contribution in [0.4, 0.5) is 4.79 Å². The fourth-order valence-corrected chi connectivity index (χ4v) is 2.80. The molecule has 0 aromatic heterocycles. The van der Waals surface area contributed by atoms with Crippen molar-refractivity contribution < 1.29 is 19.2 Å². The van der Waals surface area contributed by atoms with Gasteiger partial charge < -0.3 is 10.2 Å². The van der Waals surface area contributed by atoms with Gasteiger partial charge in [0.25, 0.3) is 5.91 Å². The highest BCUT2D eigenvalue weighted by molar-refractivity contribution is 6.06. The third-order valence-electron chi connectivity index (χ3n) is 4.16. The molecular formula is C15H17N3O4. The van der Waals surface area contributed by atoms with Crippen molar-refractivity contribution in [3.8, 4) is 0 Å². The van der Waals surface area contributed by atoms with Crippen LogP contribution in [0.1, 0.15) is 23.2 Å². The lowest BCUT2D eigenvalue weighted by Crippen LogP contribution is -2.55. The molecule has 0 saturated carbocycles. The van der Waals surface area contributed by atoms with Gasteiger partial charge in [-0.15, -0.1) is 5.06 Å². The molecule has 0 radical (unpaired) electrons. The first-order chi connectivity index (χ1) is 10.5. The SMILES string of the molecule is CN1C(=O)NC2(CCN(OC(=O)c3ccccc3)CC2)C1=O. The van der Waals surface area contributed by atoms with Crippen molar-refractivity contribution in [2.24, 2.45) is 0 Å². The van der Waals surface area contributed by atoms with Crippen LogP contribution >= 0.6 is 0 Å². The van der Waals surface area contributed by atoms with E-state index < -0.39 is 11.5 Å².